The molecule has 5 atom stereocenters. The second-order valence-electron chi connectivity index (χ2n) is 8.56. The Morgan fingerprint density at radius 2 is 2.12 bits per heavy atom. The molecule has 0 unspecified atom stereocenters. The fourth-order valence-electron chi connectivity index (χ4n) is 6.28. The normalized spacial score (nSPS) is 35.6. The molecule has 1 aromatic carbocycles. The second kappa shape index (κ2) is 5.91. The predicted molar refractivity (Wildman–Crippen MR) is 97.1 cm³/mol. The zero-order valence-electron chi connectivity index (χ0n) is 15.0. The molecule has 1 fully saturated rings. The molecule has 1 saturated carbocycles. The molecule has 3 aliphatic rings. The molecule has 0 heterocycles. The SMILES string of the molecule is C[C@@H](CCO)C1=CC[C@H]2[C@@H]3CCc4cc(O)ccc4[C@H]3CC[C@]12C. The van der Waals surface area contributed by atoms with Crippen molar-refractivity contribution >= 4 is 0 Å². The van der Waals surface area contributed by atoms with E-state index in [4.69, 9.17) is 0 Å². The van der Waals surface area contributed by atoms with Crippen molar-refractivity contribution in [3.8, 4) is 5.75 Å². The lowest BCUT2D eigenvalue weighted by Crippen LogP contribution is -2.42. The Kier molecular flexibility index (Phi) is 3.99. The topological polar surface area (TPSA) is 40.5 Å². The third-order valence-corrected chi connectivity index (χ3v) is 7.44. The van der Waals surface area contributed by atoms with E-state index in [-0.39, 0.29) is 0 Å². The number of aromatic hydroxyl groups is 1. The molecule has 0 radical (unpaired) electrons. The van der Waals surface area contributed by atoms with E-state index in [1.807, 2.05) is 12.1 Å². The van der Waals surface area contributed by atoms with Crippen molar-refractivity contribution < 1.29 is 10.2 Å². The number of phenols is 1. The van der Waals surface area contributed by atoms with Gasteiger partial charge in [-0.05, 0) is 90.9 Å². The van der Waals surface area contributed by atoms with Crippen LogP contribution in [0.2, 0.25) is 0 Å². The first-order valence-electron chi connectivity index (χ1n) is 9.67. The third kappa shape index (κ3) is 2.34. The summed E-state index contributed by atoms with van der Waals surface area (Å²) in [5, 5.41) is 19.1. The van der Waals surface area contributed by atoms with Crippen molar-refractivity contribution in [2.75, 3.05) is 6.61 Å². The quantitative estimate of drug-likeness (QED) is 0.783. The molecule has 4 rings (SSSR count). The highest BCUT2D eigenvalue weighted by Crippen LogP contribution is 2.62. The number of aliphatic hydroxyl groups excluding tert-OH is 1. The van der Waals surface area contributed by atoms with Gasteiger partial charge in [-0.3, -0.25) is 0 Å². The maximum atomic E-state index is 9.79. The average molecular weight is 326 g/mol. The highest BCUT2D eigenvalue weighted by atomic mass is 16.3. The summed E-state index contributed by atoms with van der Waals surface area (Å²) in [5.74, 6) is 3.13. The minimum Gasteiger partial charge on any atom is -0.508 e. The molecule has 3 aliphatic carbocycles. The number of hydrogen-bond donors (Lipinski definition) is 2. The van der Waals surface area contributed by atoms with E-state index in [0.717, 1.165) is 24.7 Å². The summed E-state index contributed by atoms with van der Waals surface area (Å²) in [7, 11) is 0. The van der Waals surface area contributed by atoms with Crippen molar-refractivity contribution in [2.45, 2.75) is 58.3 Å². The molecule has 1 aromatic rings. The monoisotopic (exact) mass is 326 g/mol. The number of aryl methyl sites for hydroxylation is 1. The summed E-state index contributed by atoms with van der Waals surface area (Å²) < 4.78 is 0. The number of benzene rings is 1. The Bertz CT molecular complexity index is 662. The van der Waals surface area contributed by atoms with Crippen LogP contribution in [-0.4, -0.2) is 16.8 Å². The summed E-state index contributed by atoms with van der Waals surface area (Å²) in [4.78, 5) is 0. The van der Waals surface area contributed by atoms with Gasteiger partial charge in [-0.2, -0.15) is 0 Å². The summed E-state index contributed by atoms with van der Waals surface area (Å²) in [6.07, 6.45) is 9.52. The van der Waals surface area contributed by atoms with Crippen molar-refractivity contribution in [2.24, 2.45) is 23.2 Å². The van der Waals surface area contributed by atoms with Gasteiger partial charge in [0, 0.05) is 6.61 Å². The molecule has 0 amide bonds. The third-order valence-electron chi connectivity index (χ3n) is 7.44. The molecule has 0 aromatic heterocycles. The van der Waals surface area contributed by atoms with Crippen molar-refractivity contribution in [1.29, 1.82) is 0 Å². The van der Waals surface area contributed by atoms with E-state index in [1.165, 1.54) is 36.8 Å². The molecule has 2 nitrogen and oxygen atoms in total. The highest BCUT2D eigenvalue weighted by molar-refractivity contribution is 5.41. The van der Waals surface area contributed by atoms with Crippen molar-refractivity contribution in [1.82, 2.24) is 0 Å². The van der Waals surface area contributed by atoms with E-state index in [2.05, 4.69) is 26.0 Å². The summed E-state index contributed by atoms with van der Waals surface area (Å²) in [6.45, 7) is 5.08. The number of fused-ring (bicyclic) bond motifs is 5. The molecule has 0 spiro atoms. The van der Waals surface area contributed by atoms with E-state index in [9.17, 15) is 10.2 Å². The smallest absolute Gasteiger partial charge is 0.115 e. The van der Waals surface area contributed by atoms with E-state index >= 15 is 0 Å². The van der Waals surface area contributed by atoms with Crippen molar-refractivity contribution in [3.05, 3.63) is 41.0 Å². The molecule has 130 valence electrons. The van der Waals surface area contributed by atoms with E-state index < -0.39 is 0 Å². The van der Waals surface area contributed by atoms with E-state index in [1.54, 1.807) is 5.57 Å². The number of allylic oxidation sites excluding steroid dienone is 2. The highest BCUT2D eigenvalue weighted by Gasteiger charge is 2.52. The largest absolute Gasteiger partial charge is 0.508 e. The van der Waals surface area contributed by atoms with Crippen LogP contribution in [0.15, 0.2) is 29.8 Å². The molecule has 24 heavy (non-hydrogen) atoms. The zero-order valence-corrected chi connectivity index (χ0v) is 15.0. The standard InChI is InChI=1S/C22H30O2/c1-14(10-12-23)20-7-8-21-19-5-3-15-13-16(24)4-6-17(15)18(19)9-11-22(20,21)2/h4,6-7,13-14,18-19,21,23-24H,3,5,8-12H2,1-2H3/t14-,18+,19+,21-,22+/m0/s1. The molecule has 0 saturated heterocycles. The predicted octanol–water partition coefficient (Wildman–Crippen LogP) is 4.80. The molecular weight excluding hydrogens is 296 g/mol. The van der Waals surface area contributed by atoms with Gasteiger partial charge in [-0.1, -0.05) is 31.6 Å². The Morgan fingerprint density at radius 1 is 1.29 bits per heavy atom. The first kappa shape index (κ1) is 16.2. The molecule has 2 N–H and O–H groups in total. The second-order valence-corrected chi connectivity index (χ2v) is 8.56. The van der Waals surface area contributed by atoms with Gasteiger partial charge in [0.05, 0.1) is 0 Å². The van der Waals surface area contributed by atoms with Gasteiger partial charge in [0.2, 0.25) is 0 Å². The van der Waals surface area contributed by atoms with Crippen LogP contribution in [0.1, 0.15) is 63.0 Å². The van der Waals surface area contributed by atoms with Crippen LogP contribution >= 0.6 is 0 Å². The molecule has 2 heteroatoms. The van der Waals surface area contributed by atoms with Crippen LogP contribution in [-0.2, 0) is 6.42 Å². The van der Waals surface area contributed by atoms with Gasteiger partial charge in [0.1, 0.15) is 5.75 Å². The lowest BCUT2D eigenvalue weighted by Gasteiger charge is -2.51. The minimum absolute atomic E-state index is 0.294. The first-order valence-corrected chi connectivity index (χ1v) is 9.67. The number of aliphatic hydroxyl groups is 1. The van der Waals surface area contributed by atoms with Gasteiger partial charge in [-0.25, -0.2) is 0 Å². The first-order chi connectivity index (χ1) is 11.5. The van der Waals surface area contributed by atoms with Crippen LogP contribution in [0.4, 0.5) is 0 Å². The Balaban J connectivity index is 1.62. The van der Waals surface area contributed by atoms with Crippen LogP contribution < -0.4 is 0 Å². The molecular formula is C22H30O2. The van der Waals surface area contributed by atoms with Gasteiger partial charge in [-0.15, -0.1) is 0 Å². The fourth-order valence-corrected chi connectivity index (χ4v) is 6.28. The van der Waals surface area contributed by atoms with E-state index in [0.29, 0.717) is 29.6 Å². The maximum Gasteiger partial charge on any atom is 0.115 e. The average Bonchev–Trinajstić information content (AvgIpc) is 2.92. The Hall–Kier alpha value is -1.28. The van der Waals surface area contributed by atoms with Gasteiger partial charge < -0.3 is 10.2 Å². The lowest BCUT2D eigenvalue weighted by atomic mass is 9.53. The number of rotatable bonds is 3. The zero-order chi connectivity index (χ0) is 16.9. The molecule has 0 aliphatic heterocycles. The van der Waals surface area contributed by atoms with Crippen molar-refractivity contribution in [3.63, 3.8) is 0 Å². The summed E-state index contributed by atoms with van der Waals surface area (Å²) in [6, 6.07) is 6.04. The molecule has 0 bridgehead atoms. The summed E-state index contributed by atoms with van der Waals surface area (Å²) >= 11 is 0. The van der Waals surface area contributed by atoms with Crippen LogP contribution in [0, 0.1) is 23.2 Å². The maximum absolute atomic E-state index is 9.79. The number of hydrogen-bond acceptors (Lipinski definition) is 2. The Labute approximate surface area is 145 Å². The Morgan fingerprint density at radius 3 is 2.92 bits per heavy atom. The van der Waals surface area contributed by atoms with Gasteiger partial charge >= 0.3 is 0 Å². The fraction of sp³-hybridized carbons (Fsp3) is 0.636. The minimum atomic E-state index is 0.294. The lowest BCUT2D eigenvalue weighted by molar-refractivity contribution is 0.0678. The summed E-state index contributed by atoms with van der Waals surface area (Å²) in [5.41, 5.74) is 4.84. The van der Waals surface area contributed by atoms with Gasteiger partial charge in [0.25, 0.3) is 0 Å². The van der Waals surface area contributed by atoms with Crippen LogP contribution in [0.25, 0.3) is 0 Å². The number of phenolic OH excluding ortho intramolecular Hbond substituents is 1. The van der Waals surface area contributed by atoms with Crippen LogP contribution in [0.3, 0.4) is 0 Å². The van der Waals surface area contributed by atoms with Gasteiger partial charge in [0.15, 0.2) is 0 Å². The van der Waals surface area contributed by atoms with Crippen LogP contribution in [0.5, 0.6) is 5.75 Å².